The SMILES string of the molecule is CN(C)c1cc(CNC(=O)C2CCNC2)c2ccccc2n1. The Morgan fingerprint density at radius 1 is 1.41 bits per heavy atom. The van der Waals surface area contributed by atoms with Gasteiger partial charge in [0, 0.05) is 32.6 Å². The summed E-state index contributed by atoms with van der Waals surface area (Å²) in [6, 6.07) is 10.1. The van der Waals surface area contributed by atoms with Gasteiger partial charge >= 0.3 is 0 Å². The van der Waals surface area contributed by atoms with Crippen LogP contribution in [0.2, 0.25) is 0 Å². The summed E-state index contributed by atoms with van der Waals surface area (Å²) >= 11 is 0. The van der Waals surface area contributed by atoms with Crippen molar-refractivity contribution in [2.45, 2.75) is 13.0 Å². The van der Waals surface area contributed by atoms with Crippen molar-refractivity contribution in [2.75, 3.05) is 32.1 Å². The smallest absolute Gasteiger partial charge is 0.224 e. The lowest BCUT2D eigenvalue weighted by molar-refractivity contribution is -0.124. The van der Waals surface area contributed by atoms with Crippen LogP contribution in [0.3, 0.4) is 0 Å². The minimum absolute atomic E-state index is 0.0985. The van der Waals surface area contributed by atoms with Crippen molar-refractivity contribution < 1.29 is 4.79 Å². The third-order valence-corrected chi connectivity index (χ3v) is 4.13. The van der Waals surface area contributed by atoms with Gasteiger partial charge in [0.25, 0.3) is 0 Å². The number of fused-ring (bicyclic) bond motifs is 1. The van der Waals surface area contributed by atoms with Gasteiger partial charge in [0.05, 0.1) is 11.4 Å². The van der Waals surface area contributed by atoms with Crippen LogP contribution in [0, 0.1) is 5.92 Å². The monoisotopic (exact) mass is 298 g/mol. The van der Waals surface area contributed by atoms with E-state index >= 15 is 0 Å². The summed E-state index contributed by atoms with van der Waals surface area (Å²) in [5.74, 6) is 1.14. The molecule has 1 aliphatic rings. The summed E-state index contributed by atoms with van der Waals surface area (Å²) in [5, 5.41) is 7.40. The van der Waals surface area contributed by atoms with Crippen LogP contribution in [0.5, 0.6) is 0 Å². The van der Waals surface area contributed by atoms with Gasteiger partial charge in [0.1, 0.15) is 5.82 Å². The van der Waals surface area contributed by atoms with Gasteiger partial charge in [-0.25, -0.2) is 4.98 Å². The van der Waals surface area contributed by atoms with Crippen LogP contribution in [-0.4, -0.2) is 38.1 Å². The molecule has 2 N–H and O–H groups in total. The van der Waals surface area contributed by atoms with Gasteiger partial charge in [-0.15, -0.1) is 0 Å². The topological polar surface area (TPSA) is 57.3 Å². The largest absolute Gasteiger partial charge is 0.363 e. The molecule has 1 unspecified atom stereocenters. The molecule has 0 spiro atoms. The van der Waals surface area contributed by atoms with Crippen LogP contribution in [0.15, 0.2) is 30.3 Å². The Morgan fingerprint density at radius 2 is 2.23 bits per heavy atom. The molecule has 0 bridgehead atoms. The first-order valence-electron chi connectivity index (χ1n) is 7.69. The van der Waals surface area contributed by atoms with Crippen LogP contribution in [0.4, 0.5) is 5.82 Å². The zero-order chi connectivity index (χ0) is 15.5. The maximum absolute atomic E-state index is 12.2. The van der Waals surface area contributed by atoms with Crippen LogP contribution < -0.4 is 15.5 Å². The Bertz CT molecular complexity index is 677. The van der Waals surface area contributed by atoms with Crippen molar-refractivity contribution in [3.05, 3.63) is 35.9 Å². The van der Waals surface area contributed by atoms with Gasteiger partial charge in [-0.1, -0.05) is 18.2 Å². The maximum atomic E-state index is 12.2. The fourth-order valence-electron chi connectivity index (χ4n) is 2.81. The van der Waals surface area contributed by atoms with E-state index in [1.165, 1.54) is 0 Å². The van der Waals surface area contributed by atoms with Crippen molar-refractivity contribution in [1.29, 1.82) is 0 Å². The zero-order valence-electron chi connectivity index (χ0n) is 13.1. The first kappa shape index (κ1) is 14.8. The highest BCUT2D eigenvalue weighted by atomic mass is 16.1. The van der Waals surface area contributed by atoms with E-state index in [-0.39, 0.29) is 11.8 Å². The molecule has 2 aromatic rings. The molecule has 1 amide bonds. The highest BCUT2D eigenvalue weighted by Gasteiger charge is 2.22. The number of benzene rings is 1. The van der Waals surface area contributed by atoms with E-state index in [9.17, 15) is 4.79 Å². The lowest BCUT2D eigenvalue weighted by atomic mass is 10.1. The van der Waals surface area contributed by atoms with E-state index < -0.39 is 0 Å². The molecule has 5 nitrogen and oxygen atoms in total. The number of anilines is 1. The Morgan fingerprint density at radius 3 is 2.95 bits per heavy atom. The van der Waals surface area contributed by atoms with Crippen LogP contribution in [-0.2, 0) is 11.3 Å². The summed E-state index contributed by atoms with van der Waals surface area (Å²) < 4.78 is 0. The number of carbonyl (C=O) groups is 1. The predicted octanol–water partition coefficient (Wildman–Crippen LogP) is 1.53. The summed E-state index contributed by atoms with van der Waals surface area (Å²) in [7, 11) is 3.95. The summed E-state index contributed by atoms with van der Waals surface area (Å²) in [5.41, 5.74) is 2.06. The number of nitrogens with zero attached hydrogens (tertiary/aromatic N) is 2. The van der Waals surface area contributed by atoms with E-state index in [1.54, 1.807) is 0 Å². The van der Waals surface area contributed by atoms with Gasteiger partial charge < -0.3 is 15.5 Å². The Labute approximate surface area is 130 Å². The Hall–Kier alpha value is -2.14. The van der Waals surface area contributed by atoms with E-state index in [0.29, 0.717) is 6.54 Å². The molecular weight excluding hydrogens is 276 g/mol. The standard InChI is InChI=1S/C17H22N4O/c1-21(2)16-9-13(14-5-3-4-6-15(14)20-16)11-19-17(22)12-7-8-18-10-12/h3-6,9,12,18H,7-8,10-11H2,1-2H3,(H,19,22). The average Bonchev–Trinajstić information content (AvgIpc) is 3.06. The van der Waals surface area contributed by atoms with Crippen LogP contribution in [0.25, 0.3) is 10.9 Å². The van der Waals surface area contributed by atoms with Crippen LogP contribution in [0.1, 0.15) is 12.0 Å². The van der Waals surface area contributed by atoms with E-state index in [2.05, 4.69) is 27.8 Å². The van der Waals surface area contributed by atoms with Crippen molar-refractivity contribution in [2.24, 2.45) is 5.92 Å². The molecule has 5 heteroatoms. The molecule has 1 aromatic heterocycles. The molecule has 22 heavy (non-hydrogen) atoms. The van der Waals surface area contributed by atoms with Crippen molar-refractivity contribution in [1.82, 2.24) is 15.6 Å². The number of hydrogen-bond donors (Lipinski definition) is 2. The molecule has 0 aliphatic carbocycles. The lowest BCUT2D eigenvalue weighted by Crippen LogP contribution is -2.31. The molecule has 1 atom stereocenters. The Kier molecular flexibility index (Phi) is 4.24. The minimum Gasteiger partial charge on any atom is -0.363 e. The summed E-state index contributed by atoms with van der Waals surface area (Å²) in [6.45, 7) is 2.26. The molecule has 3 rings (SSSR count). The van der Waals surface area contributed by atoms with Crippen molar-refractivity contribution >= 4 is 22.6 Å². The fourth-order valence-corrected chi connectivity index (χ4v) is 2.81. The second kappa shape index (κ2) is 6.32. The molecule has 116 valence electrons. The van der Waals surface area contributed by atoms with Crippen LogP contribution >= 0.6 is 0 Å². The van der Waals surface area contributed by atoms with Gasteiger partial charge in [-0.2, -0.15) is 0 Å². The number of hydrogen-bond acceptors (Lipinski definition) is 4. The fraction of sp³-hybridized carbons (Fsp3) is 0.412. The third kappa shape index (κ3) is 3.04. The zero-order valence-corrected chi connectivity index (χ0v) is 13.1. The first-order valence-corrected chi connectivity index (χ1v) is 7.69. The maximum Gasteiger partial charge on any atom is 0.224 e. The average molecular weight is 298 g/mol. The second-order valence-corrected chi connectivity index (χ2v) is 5.96. The van der Waals surface area contributed by atoms with E-state index in [0.717, 1.165) is 41.8 Å². The molecule has 1 aromatic carbocycles. The highest BCUT2D eigenvalue weighted by molar-refractivity contribution is 5.85. The lowest BCUT2D eigenvalue weighted by Gasteiger charge is -2.16. The quantitative estimate of drug-likeness (QED) is 0.899. The van der Waals surface area contributed by atoms with E-state index in [1.807, 2.05) is 37.2 Å². The normalized spacial score (nSPS) is 17.6. The predicted molar refractivity (Wildman–Crippen MR) is 88.9 cm³/mol. The summed E-state index contributed by atoms with van der Waals surface area (Å²) in [6.07, 6.45) is 0.922. The number of nitrogens with one attached hydrogen (secondary N) is 2. The number of para-hydroxylation sites is 1. The molecular formula is C17H22N4O. The van der Waals surface area contributed by atoms with Crippen molar-refractivity contribution in [3.8, 4) is 0 Å². The molecule has 0 saturated carbocycles. The molecule has 1 aliphatic heterocycles. The minimum atomic E-state index is 0.0985. The Balaban J connectivity index is 1.83. The molecule has 2 heterocycles. The number of rotatable bonds is 4. The first-order chi connectivity index (χ1) is 10.6. The van der Waals surface area contributed by atoms with Gasteiger partial charge in [0.15, 0.2) is 0 Å². The third-order valence-electron chi connectivity index (χ3n) is 4.13. The number of aromatic nitrogens is 1. The second-order valence-electron chi connectivity index (χ2n) is 5.96. The van der Waals surface area contributed by atoms with Gasteiger partial charge in [-0.3, -0.25) is 4.79 Å². The summed E-state index contributed by atoms with van der Waals surface area (Å²) in [4.78, 5) is 18.8. The molecule has 1 fully saturated rings. The molecule has 0 radical (unpaired) electrons. The number of carbonyl (C=O) groups excluding carboxylic acids is 1. The van der Waals surface area contributed by atoms with E-state index in [4.69, 9.17) is 0 Å². The van der Waals surface area contributed by atoms with Crippen molar-refractivity contribution in [3.63, 3.8) is 0 Å². The molecule has 1 saturated heterocycles. The van der Waals surface area contributed by atoms with Gasteiger partial charge in [0.2, 0.25) is 5.91 Å². The van der Waals surface area contributed by atoms with Gasteiger partial charge in [-0.05, 0) is 30.7 Å². The number of amides is 1. The number of pyridine rings is 1. The highest BCUT2D eigenvalue weighted by Crippen LogP contribution is 2.22.